The highest BCUT2D eigenvalue weighted by Gasteiger charge is 2.32. The molecule has 0 bridgehead atoms. The smallest absolute Gasteiger partial charge is 0.361 e. The molecule has 0 amide bonds. The van der Waals surface area contributed by atoms with E-state index in [9.17, 15) is 13.2 Å². The fourth-order valence-corrected chi connectivity index (χ4v) is 3.20. The second kappa shape index (κ2) is 10.4. The molecule has 2 aromatic rings. The highest BCUT2D eigenvalue weighted by molar-refractivity contribution is 5.80. The molecular weight excluding hydrogens is 413 g/mol. The minimum Gasteiger partial charge on any atom is -0.361 e. The molecule has 2 N–H and O–H groups in total. The maximum Gasteiger partial charge on any atom is 0.433 e. The quantitative estimate of drug-likeness (QED) is 0.384. The van der Waals surface area contributed by atoms with Gasteiger partial charge in [0.1, 0.15) is 11.5 Å². The molecule has 31 heavy (non-hydrogen) atoms. The number of hydrogen-bond acceptors (Lipinski definition) is 7. The highest BCUT2D eigenvalue weighted by Crippen LogP contribution is 2.27. The van der Waals surface area contributed by atoms with Gasteiger partial charge < -0.3 is 20.1 Å². The van der Waals surface area contributed by atoms with Gasteiger partial charge in [0.2, 0.25) is 5.95 Å². The van der Waals surface area contributed by atoms with E-state index in [1.54, 1.807) is 0 Å². The Morgan fingerprint density at radius 3 is 2.68 bits per heavy atom. The molecule has 2 aromatic heterocycles. The maximum atomic E-state index is 12.7. The fourth-order valence-electron chi connectivity index (χ4n) is 3.20. The van der Waals surface area contributed by atoms with Crippen molar-refractivity contribution in [1.29, 1.82) is 0 Å². The van der Waals surface area contributed by atoms with Crippen LogP contribution in [0.15, 0.2) is 27.8 Å². The number of nitrogens with zero attached hydrogens (tertiary/aromatic N) is 6. The van der Waals surface area contributed by atoms with Crippen LogP contribution in [0.2, 0.25) is 0 Å². The van der Waals surface area contributed by atoms with Crippen molar-refractivity contribution in [1.82, 2.24) is 30.2 Å². The van der Waals surface area contributed by atoms with Crippen LogP contribution in [0.1, 0.15) is 24.1 Å². The van der Waals surface area contributed by atoms with Crippen LogP contribution in [0.3, 0.4) is 0 Å². The highest BCUT2D eigenvalue weighted by atomic mass is 19.4. The van der Waals surface area contributed by atoms with Gasteiger partial charge in [-0.3, -0.25) is 9.89 Å². The van der Waals surface area contributed by atoms with E-state index in [-0.39, 0.29) is 5.95 Å². The largest absolute Gasteiger partial charge is 0.433 e. The Morgan fingerprint density at radius 2 is 2.03 bits per heavy atom. The Kier molecular flexibility index (Phi) is 7.66. The predicted molar refractivity (Wildman–Crippen MR) is 110 cm³/mol. The molecule has 0 radical (unpaired) electrons. The van der Waals surface area contributed by atoms with E-state index < -0.39 is 11.9 Å². The van der Waals surface area contributed by atoms with Crippen molar-refractivity contribution in [3.05, 3.63) is 35.5 Å². The average molecular weight is 440 g/mol. The second-order valence-corrected chi connectivity index (χ2v) is 7.12. The molecule has 0 unspecified atom stereocenters. The molecule has 0 spiro atoms. The fraction of sp³-hybridized carbons (Fsp3) is 0.579. The number of halogens is 3. The molecular formula is C19H27F3N8O. The molecule has 3 heterocycles. The molecule has 0 atom stereocenters. The van der Waals surface area contributed by atoms with E-state index in [0.29, 0.717) is 13.1 Å². The number of nitrogens with one attached hydrogen (secondary N) is 2. The van der Waals surface area contributed by atoms with Crippen molar-refractivity contribution in [2.75, 3.05) is 51.1 Å². The van der Waals surface area contributed by atoms with Gasteiger partial charge in [0.15, 0.2) is 5.96 Å². The Labute approximate surface area is 178 Å². The number of alkyl halides is 3. The third-order valence-corrected chi connectivity index (χ3v) is 4.67. The summed E-state index contributed by atoms with van der Waals surface area (Å²) in [7, 11) is 0. The standard InChI is InChI=1S/C19H27F3N8O/c1-3-23-18(26-7-6-25-17-24-5-4-16(27-17)19(20,21)22)30-10-8-29(9-11-30)13-15-12-14(2)31-28-15/h4-5,12H,3,6-11,13H2,1-2H3,(H,23,26)(H,24,25,27). The lowest BCUT2D eigenvalue weighted by Crippen LogP contribution is -2.52. The van der Waals surface area contributed by atoms with Crippen molar-refractivity contribution < 1.29 is 17.7 Å². The molecule has 1 fully saturated rings. The molecule has 3 rings (SSSR count). The summed E-state index contributed by atoms with van der Waals surface area (Å²) in [6, 6.07) is 2.79. The Bertz CT molecular complexity index is 862. The average Bonchev–Trinajstić information content (AvgIpc) is 3.15. The lowest BCUT2D eigenvalue weighted by molar-refractivity contribution is -0.141. The maximum absolute atomic E-state index is 12.7. The van der Waals surface area contributed by atoms with E-state index in [4.69, 9.17) is 4.52 Å². The van der Waals surface area contributed by atoms with Crippen LogP contribution >= 0.6 is 0 Å². The van der Waals surface area contributed by atoms with Crippen LogP contribution in [-0.2, 0) is 12.7 Å². The summed E-state index contributed by atoms with van der Waals surface area (Å²) >= 11 is 0. The van der Waals surface area contributed by atoms with Crippen LogP contribution in [0.5, 0.6) is 0 Å². The number of hydrogen-bond donors (Lipinski definition) is 2. The monoisotopic (exact) mass is 440 g/mol. The van der Waals surface area contributed by atoms with Crippen molar-refractivity contribution in [3.8, 4) is 0 Å². The van der Waals surface area contributed by atoms with Crippen LogP contribution in [0, 0.1) is 6.92 Å². The molecule has 0 aromatic carbocycles. The molecule has 1 saturated heterocycles. The number of piperazine rings is 1. The van der Waals surface area contributed by atoms with Crippen LogP contribution in [0.4, 0.5) is 19.1 Å². The number of guanidine groups is 1. The first-order chi connectivity index (χ1) is 14.8. The summed E-state index contributed by atoms with van der Waals surface area (Å²) < 4.78 is 43.3. The van der Waals surface area contributed by atoms with Gasteiger partial charge in [0.25, 0.3) is 0 Å². The van der Waals surface area contributed by atoms with Crippen molar-refractivity contribution in [3.63, 3.8) is 0 Å². The van der Waals surface area contributed by atoms with Crippen LogP contribution in [0.25, 0.3) is 0 Å². The zero-order chi connectivity index (χ0) is 22.3. The minimum atomic E-state index is -4.50. The first kappa shape index (κ1) is 22.8. The van der Waals surface area contributed by atoms with Gasteiger partial charge in [-0.15, -0.1) is 0 Å². The summed E-state index contributed by atoms with van der Waals surface area (Å²) in [6.45, 7) is 9.40. The van der Waals surface area contributed by atoms with Gasteiger partial charge in [0.05, 0.1) is 12.2 Å². The first-order valence-corrected chi connectivity index (χ1v) is 10.2. The summed E-state index contributed by atoms with van der Waals surface area (Å²) in [5, 5.41) is 10.1. The number of aliphatic imine (C=N–C) groups is 1. The van der Waals surface area contributed by atoms with E-state index in [1.165, 1.54) is 0 Å². The lowest BCUT2D eigenvalue weighted by Gasteiger charge is -2.36. The summed E-state index contributed by atoms with van der Waals surface area (Å²) in [6.07, 6.45) is -3.41. The predicted octanol–water partition coefficient (Wildman–Crippen LogP) is 1.99. The SMILES string of the molecule is CCNC(=NCCNc1nccc(C(F)(F)F)n1)N1CCN(Cc2cc(C)on2)CC1. The van der Waals surface area contributed by atoms with Crippen LogP contribution in [-0.4, -0.2) is 76.7 Å². The van der Waals surface area contributed by atoms with Crippen molar-refractivity contribution in [2.24, 2.45) is 4.99 Å². The van der Waals surface area contributed by atoms with E-state index in [1.807, 2.05) is 19.9 Å². The van der Waals surface area contributed by atoms with Gasteiger partial charge in [-0.05, 0) is 19.9 Å². The van der Waals surface area contributed by atoms with Gasteiger partial charge in [-0.2, -0.15) is 13.2 Å². The Hall–Kier alpha value is -2.89. The summed E-state index contributed by atoms with van der Waals surface area (Å²) in [5.41, 5.74) is -0.0464. The van der Waals surface area contributed by atoms with Crippen LogP contribution < -0.4 is 10.6 Å². The summed E-state index contributed by atoms with van der Waals surface area (Å²) in [4.78, 5) is 16.4. The Morgan fingerprint density at radius 1 is 1.26 bits per heavy atom. The second-order valence-electron chi connectivity index (χ2n) is 7.12. The number of aryl methyl sites for hydroxylation is 1. The molecule has 1 aliphatic heterocycles. The number of aromatic nitrogens is 3. The van der Waals surface area contributed by atoms with Crippen molar-refractivity contribution >= 4 is 11.9 Å². The van der Waals surface area contributed by atoms with Gasteiger partial charge in [-0.25, -0.2) is 9.97 Å². The summed E-state index contributed by atoms with van der Waals surface area (Å²) in [5.74, 6) is 1.53. The zero-order valence-electron chi connectivity index (χ0n) is 17.6. The van der Waals surface area contributed by atoms with Crippen molar-refractivity contribution in [2.45, 2.75) is 26.6 Å². The molecule has 1 aliphatic rings. The van der Waals surface area contributed by atoms with Gasteiger partial charge >= 0.3 is 6.18 Å². The molecule has 12 heteroatoms. The van der Waals surface area contributed by atoms with E-state index in [0.717, 1.165) is 68.9 Å². The van der Waals surface area contributed by atoms with E-state index in [2.05, 4.69) is 40.6 Å². The lowest BCUT2D eigenvalue weighted by atomic mass is 10.3. The Balaban J connectivity index is 1.48. The third-order valence-electron chi connectivity index (χ3n) is 4.67. The van der Waals surface area contributed by atoms with Gasteiger partial charge in [0, 0.05) is 58.1 Å². The first-order valence-electron chi connectivity index (χ1n) is 10.2. The molecule has 170 valence electrons. The number of rotatable bonds is 7. The molecule has 9 nitrogen and oxygen atoms in total. The molecule has 0 aliphatic carbocycles. The molecule has 0 saturated carbocycles. The topological polar surface area (TPSA) is 94.7 Å². The van der Waals surface area contributed by atoms with Gasteiger partial charge in [-0.1, -0.05) is 5.16 Å². The number of anilines is 1. The van der Waals surface area contributed by atoms with E-state index >= 15 is 0 Å². The minimum absolute atomic E-state index is 0.0632. The zero-order valence-corrected chi connectivity index (χ0v) is 17.6. The normalized spacial score (nSPS) is 15.9. The third kappa shape index (κ3) is 6.81.